The van der Waals surface area contributed by atoms with Crippen molar-refractivity contribution >= 4 is 27.5 Å². The van der Waals surface area contributed by atoms with E-state index in [-0.39, 0.29) is 16.8 Å². The molecular weight excluding hydrogens is 408 g/mol. The van der Waals surface area contributed by atoms with Gasteiger partial charge in [0.1, 0.15) is 0 Å². The number of aryl methyl sites for hydroxylation is 1. The number of halogens is 1. The molecule has 0 aromatic heterocycles. The van der Waals surface area contributed by atoms with E-state index in [0.29, 0.717) is 24.4 Å². The van der Waals surface area contributed by atoms with Gasteiger partial charge < -0.3 is 5.32 Å². The Labute approximate surface area is 177 Å². The van der Waals surface area contributed by atoms with Gasteiger partial charge in [-0.1, -0.05) is 61.2 Å². The number of carbonyl (C=O) groups is 1. The van der Waals surface area contributed by atoms with Crippen molar-refractivity contribution in [2.45, 2.75) is 62.4 Å². The van der Waals surface area contributed by atoms with Crippen molar-refractivity contribution in [3.63, 3.8) is 0 Å². The van der Waals surface area contributed by atoms with E-state index in [1.165, 1.54) is 6.42 Å². The number of hydrogen-bond acceptors (Lipinski definition) is 3. The number of benzene rings is 2. The molecule has 2 N–H and O–H groups in total. The molecule has 1 aliphatic rings. The van der Waals surface area contributed by atoms with Gasteiger partial charge in [-0.2, -0.15) is 0 Å². The van der Waals surface area contributed by atoms with Crippen molar-refractivity contribution in [3.05, 3.63) is 64.7 Å². The summed E-state index contributed by atoms with van der Waals surface area (Å²) in [7, 11) is -3.49. The predicted molar refractivity (Wildman–Crippen MR) is 115 cm³/mol. The lowest BCUT2D eigenvalue weighted by Crippen LogP contribution is -2.36. The summed E-state index contributed by atoms with van der Waals surface area (Å²) < 4.78 is 27.9. The van der Waals surface area contributed by atoms with E-state index in [1.54, 1.807) is 30.3 Å². The molecule has 0 unspecified atom stereocenters. The lowest BCUT2D eigenvalue weighted by molar-refractivity contribution is -0.121. The maximum atomic E-state index is 12.5. The minimum Gasteiger partial charge on any atom is -0.352 e. The summed E-state index contributed by atoms with van der Waals surface area (Å²) in [5.74, 6) is -0.0689. The van der Waals surface area contributed by atoms with Crippen LogP contribution in [0.2, 0.25) is 5.02 Å². The Morgan fingerprint density at radius 3 is 2.38 bits per heavy atom. The smallest absolute Gasteiger partial charge is 0.240 e. The van der Waals surface area contributed by atoms with Crippen LogP contribution in [0.3, 0.4) is 0 Å². The van der Waals surface area contributed by atoms with Crippen molar-refractivity contribution < 1.29 is 13.2 Å². The number of sulfonamides is 1. The van der Waals surface area contributed by atoms with Crippen LogP contribution in [0, 0.1) is 0 Å². The van der Waals surface area contributed by atoms with Gasteiger partial charge >= 0.3 is 0 Å². The summed E-state index contributed by atoms with van der Waals surface area (Å²) in [6, 6.07) is 14.2. The molecule has 1 amide bonds. The third-order valence-corrected chi connectivity index (χ3v) is 7.14. The van der Waals surface area contributed by atoms with Gasteiger partial charge in [-0.05, 0) is 48.6 Å². The first-order chi connectivity index (χ1) is 13.9. The van der Waals surface area contributed by atoms with Gasteiger partial charge in [-0.15, -0.1) is 0 Å². The van der Waals surface area contributed by atoms with Crippen molar-refractivity contribution in [2.75, 3.05) is 0 Å². The highest BCUT2D eigenvalue weighted by Crippen LogP contribution is 2.20. The van der Waals surface area contributed by atoms with Gasteiger partial charge in [-0.25, -0.2) is 13.1 Å². The Morgan fingerprint density at radius 2 is 1.69 bits per heavy atom. The van der Waals surface area contributed by atoms with Crippen LogP contribution in [0.4, 0.5) is 0 Å². The molecule has 0 atom stereocenters. The third kappa shape index (κ3) is 6.56. The Kier molecular flexibility index (Phi) is 7.70. The second-order valence-electron chi connectivity index (χ2n) is 7.47. The van der Waals surface area contributed by atoms with Gasteiger partial charge in [0.15, 0.2) is 0 Å². The zero-order chi connectivity index (χ0) is 20.7. The molecule has 1 fully saturated rings. The number of amides is 1. The highest BCUT2D eigenvalue weighted by Gasteiger charge is 2.21. The third-order valence-electron chi connectivity index (χ3n) is 5.24. The van der Waals surface area contributed by atoms with Crippen LogP contribution in [-0.2, 0) is 27.8 Å². The van der Waals surface area contributed by atoms with Crippen molar-refractivity contribution in [1.29, 1.82) is 0 Å². The summed E-state index contributed by atoms with van der Waals surface area (Å²) >= 11 is 6.09. The lowest BCUT2D eigenvalue weighted by Gasteiger charge is -2.22. The minimum atomic E-state index is -3.49. The molecule has 2 aromatic rings. The highest BCUT2D eigenvalue weighted by molar-refractivity contribution is 7.89. The summed E-state index contributed by atoms with van der Waals surface area (Å²) in [4.78, 5) is 12.4. The van der Waals surface area contributed by atoms with Crippen LogP contribution in [0.25, 0.3) is 0 Å². The van der Waals surface area contributed by atoms with Gasteiger partial charge in [0.2, 0.25) is 15.9 Å². The molecular formula is C22H27ClN2O3S. The molecule has 0 spiro atoms. The normalized spacial score (nSPS) is 15.2. The first kappa shape index (κ1) is 21.8. The van der Waals surface area contributed by atoms with Crippen molar-refractivity contribution in [2.24, 2.45) is 0 Å². The monoisotopic (exact) mass is 434 g/mol. The summed E-state index contributed by atoms with van der Waals surface area (Å²) in [5, 5.41) is 3.49. The quantitative estimate of drug-likeness (QED) is 0.653. The fourth-order valence-corrected chi connectivity index (χ4v) is 5.03. The molecule has 3 rings (SSSR count). The maximum absolute atomic E-state index is 12.5. The first-order valence-corrected chi connectivity index (χ1v) is 11.9. The van der Waals surface area contributed by atoms with E-state index in [4.69, 9.17) is 11.6 Å². The van der Waals surface area contributed by atoms with E-state index in [0.717, 1.165) is 36.8 Å². The SMILES string of the molecule is O=C(CCc1ccc(S(=O)(=O)NC2CCCCC2)cc1)NCc1ccccc1Cl. The van der Waals surface area contributed by atoms with E-state index < -0.39 is 10.0 Å². The Hall–Kier alpha value is -1.89. The van der Waals surface area contributed by atoms with Gasteiger partial charge in [0.25, 0.3) is 0 Å². The van der Waals surface area contributed by atoms with Gasteiger partial charge in [0, 0.05) is 24.0 Å². The highest BCUT2D eigenvalue weighted by atomic mass is 35.5. The van der Waals surface area contributed by atoms with Crippen LogP contribution in [0.1, 0.15) is 49.7 Å². The van der Waals surface area contributed by atoms with Crippen molar-refractivity contribution in [3.8, 4) is 0 Å². The molecule has 29 heavy (non-hydrogen) atoms. The number of hydrogen-bond donors (Lipinski definition) is 2. The first-order valence-electron chi connectivity index (χ1n) is 10.1. The average Bonchev–Trinajstić information content (AvgIpc) is 2.72. The standard InChI is InChI=1S/C22H27ClN2O3S/c23-21-9-5-4-6-18(21)16-24-22(26)15-12-17-10-13-20(14-11-17)29(27,28)25-19-7-2-1-3-8-19/h4-6,9-11,13-14,19,25H,1-3,7-8,12,15-16H2,(H,24,26). The zero-order valence-electron chi connectivity index (χ0n) is 16.4. The van der Waals surface area contributed by atoms with Crippen LogP contribution in [-0.4, -0.2) is 20.4 Å². The molecule has 0 saturated heterocycles. The Bertz CT molecular complexity index is 923. The van der Waals surface area contributed by atoms with E-state index in [9.17, 15) is 13.2 Å². The lowest BCUT2D eigenvalue weighted by atomic mass is 9.96. The summed E-state index contributed by atoms with van der Waals surface area (Å²) in [6.07, 6.45) is 6.01. The molecule has 0 radical (unpaired) electrons. The molecule has 0 bridgehead atoms. The summed E-state index contributed by atoms with van der Waals surface area (Å²) in [6.45, 7) is 0.391. The van der Waals surface area contributed by atoms with E-state index in [2.05, 4.69) is 10.0 Å². The number of nitrogens with one attached hydrogen (secondary N) is 2. The number of rotatable bonds is 8. The molecule has 0 aliphatic heterocycles. The predicted octanol–water partition coefficient (Wildman–Crippen LogP) is 4.20. The molecule has 1 aliphatic carbocycles. The van der Waals surface area contributed by atoms with E-state index in [1.807, 2.05) is 18.2 Å². The van der Waals surface area contributed by atoms with Crippen LogP contribution in [0.5, 0.6) is 0 Å². The van der Waals surface area contributed by atoms with Gasteiger partial charge in [-0.3, -0.25) is 4.79 Å². The van der Waals surface area contributed by atoms with Gasteiger partial charge in [0.05, 0.1) is 4.90 Å². The maximum Gasteiger partial charge on any atom is 0.240 e. The second-order valence-corrected chi connectivity index (χ2v) is 9.59. The van der Waals surface area contributed by atoms with Crippen molar-refractivity contribution in [1.82, 2.24) is 10.0 Å². The topological polar surface area (TPSA) is 75.3 Å². The fraction of sp³-hybridized carbons (Fsp3) is 0.409. The van der Waals surface area contributed by atoms with Crippen LogP contribution < -0.4 is 10.0 Å². The van der Waals surface area contributed by atoms with Crippen LogP contribution in [0.15, 0.2) is 53.4 Å². The average molecular weight is 435 g/mol. The molecule has 7 heteroatoms. The Balaban J connectivity index is 1.48. The summed E-state index contributed by atoms with van der Waals surface area (Å²) in [5.41, 5.74) is 1.80. The molecule has 1 saturated carbocycles. The zero-order valence-corrected chi connectivity index (χ0v) is 17.9. The Morgan fingerprint density at radius 1 is 1.00 bits per heavy atom. The second kappa shape index (κ2) is 10.2. The molecule has 2 aromatic carbocycles. The minimum absolute atomic E-state index is 0.0373. The number of carbonyl (C=O) groups excluding carboxylic acids is 1. The van der Waals surface area contributed by atoms with Crippen LogP contribution >= 0.6 is 11.6 Å². The molecule has 156 valence electrons. The molecule has 0 heterocycles. The molecule has 5 nitrogen and oxygen atoms in total. The van der Waals surface area contributed by atoms with E-state index >= 15 is 0 Å². The fourth-order valence-electron chi connectivity index (χ4n) is 3.52. The largest absolute Gasteiger partial charge is 0.352 e.